The van der Waals surface area contributed by atoms with Gasteiger partial charge in [0, 0.05) is 33.2 Å². The number of aromatic nitrogens is 1. The van der Waals surface area contributed by atoms with Crippen molar-refractivity contribution in [1.29, 1.82) is 0 Å². The lowest BCUT2D eigenvalue weighted by atomic mass is 9.95. The van der Waals surface area contributed by atoms with Crippen LogP contribution in [0.15, 0.2) is 75.6 Å². The number of amides is 1. The van der Waals surface area contributed by atoms with Crippen LogP contribution < -0.4 is 5.32 Å². The van der Waals surface area contributed by atoms with Gasteiger partial charge in [-0.3, -0.25) is 9.78 Å². The molecule has 4 nitrogen and oxygen atoms in total. The molecule has 0 radical (unpaired) electrons. The van der Waals surface area contributed by atoms with Gasteiger partial charge >= 0.3 is 0 Å². The van der Waals surface area contributed by atoms with Crippen molar-refractivity contribution in [3.63, 3.8) is 0 Å². The summed E-state index contributed by atoms with van der Waals surface area (Å²) in [5.74, 6) is -0.0333. The van der Waals surface area contributed by atoms with Gasteiger partial charge < -0.3 is 5.32 Å². The number of nitrogens with one attached hydrogen (secondary N) is 1. The summed E-state index contributed by atoms with van der Waals surface area (Å²) in [5.41, 5.74) is 3.73. The lowest BCUT2D eigenvalue weighted by Gasteiger charge is -2.22. The summed E-state index contributed by atoms with van der Waals surface area (Å²) >= 11 is 8.13. The van der Waals surface area contributed by atoms with Crippen molar-refractivity contribution in [3.05, 3.63) is 82.6 Å². The maximum atomic E-state index is 12.9. The van der Waals surface area contributed by atoms with Gasteiger partial charge in [-0.05, 0) is 49.2 Å². The Hall–Kier alpha value is -2.63. The smallest absolute Gasteiger partial charge is 0.251 e. The first-order valence-corrected chi connectivity index (χ1v) is 11.8. The van der Waals surface area contributed by atoms with Gasteiger partial charge in [0.15, 0.2) is 0 Å². The fourth-order valence-corrected chi connectivity index (χ4v) is 5.35. The third kappa shape index (κ3) is 4.25. The Kier molecular flexibility index (Phi) is 5.79. The van der Waals surface area contributed by atoms with E-state index in [0.717, 1.165) is 39.6 Å². The maximum absolute atomic E-state index is 12.9. The van der Waals surface area contributed by atoms with Crippen molar-refractivity contribution >= 4 is 40.7 Å². The monoisotopic (exact) mass is 447 g/mol. The third-order valence-corrected chi connectivity index (χ3v) is 7.18. The first-order valence-electron chi connectivity index (χ1n) is 10.6. The van der Waals surface area contributed by atoms with Crippen LogP contribution in [0.25, 0.3) is 0 Å². The lowest BCUT2D eigenvalue weighted by molar-refractivity contribution is 0.0927. The van der Waals surface area contributed by atoms with E-state index < -0.39 is 0 Å². The van der Waals surface area contributed by atoms with E-state index in [4.69, 9.17) is 16.6 Å². The number of halogens is 1. The highest BCUT2D eigenvalue weighted by Crippen LogP contribution is 2.42. The molecule has 1 aliphatic carbocycles. The van der Waals surface area contributed by atoms with Crippen molar-refractivity contribution < 1.29 is 4.79 Å². The van der Waals surface area contributed by atoms with Gasteiger partial charge in [0.1, 0.15) is 5.69 Å². The van der Waals surface area contributed by atoms with E-state index in [0.29, 0.717) is 16.3 Å². The Labute approximate surface area is 191 Å². The van der Waals surface area contributed by atoms with Gasteiger partial charge in [0.05, 0.1) is 16.4 Å². The number of fused-ring (bicyclic) bond motifs is 2. The molecule has 0 unspecified atom stereocenters. The highest BCUT2D eigenvalue weighted by molar-refractivity contribution is 7.99. The quantitative estimate of drug-likeness (QED) is 0.393. The molecule has 1 fully saturated rings. The van der Waals surface area contributed by atoms with E-state index in [9.17, 15) is 4.79 Å². The summed E-state index contributed by atoms with van der Waals surface area (Å²) in [6.45, 7) is 0. The summed E-state index contributed by atoms with van der Waals surface area (Å²) in [5, 5.41) is 3.75. The van der Waals surface area contributed by atoms with Crippen LogP contribution >= 0.6 is 23.4 Å². The van der Waals surface area contributed by atoms with Crippen LogP contribution in [-0.4, -0.2) is 22.6 Å². The molecule has 0 atom stereocenters. The number of nitrogens with zero attached hydrogens (tertiary/aromatic N) is 2. The Morgan fingerprint density at radius 2 is 1.84 bits per heavy atom. The van der Waals surface area contributed by atoms with Crippen LogP contribution in [0.2, 0.25) is 5.02 Å². The lowest BCUT2D eigenvalue weighted by Crippen LogP contribution is -2.36. The Morgan fingerprint density at radius 1 is 1.00 bits per heavy atom. The summed E-state index contributed by atoms with van der Waals surface area (Å²) in [6, 6.07) is 17.8. The predicted molar refractivity (Wildman–Crippen MR) is 126 cm³/mol. The number of aliphatic imine (C=N–C) groups is 1. The Bertz CT molecular complexity index is 1170. The van der Waals surface area contributed by atoms with Crippen LogP contribution in [0.4, 0.5) is 5.69 Å². The third-order valence-electron chi connectivity index (χ3n) is 5.74. The molecule has 156 valence electrons. The van der Waals surface area contributed by atoms with Gasteiger partial charge in [-0.15, -0.1) is 0 Å². The normalized spacial score (nSPS) is 16.0. The van der Waals surface area contributed by atoms with Gasteiger partial charge in [-0.1, -0.05) is 60.8 Å². The van der Waals surface area contributed by atoms with E-state index >= 15 is 0 Å². The average molecular weight is 448 g/mol. The number of pyridine rings is 1. The average Bonchev–Trinajstić information content (AvgIpc) is 2.96. The molecule has 1 N–H and O–H groups in total. The first-order chi connectivity index (χ1) is 15.2. The second-order valence-electron chi connectivity index (χ2n) is 7.88. The number of hydrogen-bond donors (Lipinski definition) is 1. The van der Waals surface area contributed by atoms with Crippen LogP contribution in [0.3, 0.4) is 0 Å². The van der Waals surface area contributed by atoms with E-state index in [-0.39, 0.29) is 11.9 Å². The number of rotatable bonds is 3. The molecule has 1 amide bonds. The highest BCUT2D eigenvalue weighted by atomic mass is 35.5. The minimum Gasteiger partial charge on any atom is -0.349 e. The number of hydrogen-bond acceptors (Lipinski definition) is 4. The van der Waals surface area contributed by atoms with Crippen molar-refractivity contribution in [3.8, 4) is 0 Å². The molecule has 31 heavy (non-hydrogen) atoms. The van der Waals surface area contributed by atoms with E-state index in [1.54, 1.807) is 18.0 Å². The number of benzene rings is 2. The van der Waals surface area contributed by atoms with Gasteiger partial charge in [0.2, 0.25) is 0 Å². The summed E-state index contributed by atoms with van der Waals surface area (Å²) in [6.07, 6.45) is 7.46. The molecular formula is C25H22ClN3OS. The molecule has 0 spiro atoms. The summed E-state index contributed by atoms with van der Waals surface area (Å²) in [4.78, 5) is 24.5. The fraction of sp³-hybridized carbons (Fsp3) is 0.240. The molecule has 2 aliphatic rings. The molecule has 1 aliphatic heterocycles. The molecule has 2 heterocycles. The van der Waals surface area contributed by atoms with Crippen LogP contribution in [0.1, 0.15) is 53.7 Å². The van der Waals surface area contributed by atoms with Gasteiger partial charge in [0.25, 0.3) is 5.91 Å². The molecule has 0 bridgehead atoms. The number of carbonyl (C=O) groups is 1. The van der Waals surface area contributed by atoms with Crippen molar-refractivity contribution in [1.82, 2.24) is 10.3 Å². The standard InChI is InChI=1S/C25H22ClN3OS/c26-19-10-6-14-27-24(19)23-18-9-4-5-11-21(18)31-22-13-12-16(15-20(22)29-23)25(30)28-17-7-2-1-3-8-17/h4-6,9-15,17H,1-3,7-8H2,(H,28,30). The highest BCUT2D eigenvalue weighted by Gasteiger charge is 2.23. The molecule has 0 saturated heterocycles. The minimum absolute atomic E-state index is 0.0333. The predicted octanol–water partition coefficient (Wildman–Crippen LogP) is 6.43. The van der Waals surface area contributed by atoms with Crippen molar-refractivity contribution in [2.75, 3.05) is 0 Å². The fourth-order valence-electron chi connectivity index (χ4n) is 4.14. The van der Waals surface area contributed by atoms with E-state index in [2.05, 4.69) is 16.4 Å². The number of carbonyl (C=O) groups excluding carboxylic acids is 1. The van der Waals surface area contributed by atoms with Crippen molar-refractivity contribution in [2.45, 2.75) is 47.9 Å². The molecular weight excluding hydrogens is 426 g/mol. The largest absolute Gasteiger partial charge is 0.349 e. The summed E-state index contributed by atoms with van der Waals surface area (Å²) < 4.78 is 0. The summed E-state index contributed by atoms with van der Waals surface area (Å²) in [7, 11) is 0. The second kappa shape index (κ2) is 8.85. The molecule has 6 heteroatoms. The molecule has 5 rings (SSSR count). The van der Waals surface area contributed by atoms with Crippen LogP contribution in [0.5, 0.6) is 0 Å². The second-order valence-corrected chi connectivity index (χ2v) is 9.37. The molecule has 1 aromatic heterocycles. The topological polar surface area (TPSA) is 54.4 Å². The molecule has 2 aromatic carbocycles. The van der Waals surface area contributed by atoms with E-state index in [1.807, 2.05) is 48.5 Å². The van der Waals surface area contributed by atoms with E-state index in [1.165, 1.54) is 19.3 Å². The van der Waals surface area contributed by atoms with Crippen molar-refractivity contribution in [2.24, 2.45) is 4.99 Å². The van der Waals surface area contributed by atoms with Crippen LogP contribution in [0, 0.1) is 0 Å². The Morgan fingerprint density at radius 3 is 2.68 bits per heavy atom. The molecule has 1 saturated carbocycles. The zero-order chi connectivity index (χ0) is 21.2. The first kappa shape index (κ1) is 20.3. The zero-order valence-electron chi connectivity index (χ0n) is 17.0. The Balaban J connectivity index is 1.56. The molecule has 3 aromatic rings. The maximum Gasteiger partial charge on any atom is 0.251 e. The minimum atomic E-state index is -0.0333. The van der Waals surface area contributed by atoms with Crippen LogP contribution in [-0.2, 0) is 0 Å². The van der Waals surface area contributed by atoms with Gasteiger partial charge in [-0.25, -0.2) is 4.99 Å². The SMILES string of the molecule is O=C(NC1CCCCC1)c1ccc2c(c1)N=C(c1ncccc1Cl)c1ccccc1S2. The van der Waals surface area contributed by atoms with Gasteiger partial charge in [-0.2, -0.15) is 0 Å². The zero-order valence-corrected chi connectivity index (χ0v) is 18.5.